The maximum atomic E-state index is 10.6. The molecule has 1 aromatic carbocycles. The number of ether oxygens (including phenoxy) is 1. The van der Waals surface area contributed by atoms with E-state index in [1.54, 1.807) is 18.4 Å². The predicted molar refractivity (Wildman–Crippen MR) is 81.0 cm³/mol. The molecule has 0 unspecified atom stereocenters. The molecule has 0 aliphatic heterocycles. The third kappa shape index (κ3) is 3.63. The molecule has 1 aromatic heterocycles. The van der Waals surface area contributed by atoms with Gasteiger partial charge in [-0.25, -0.2) is 4.98 Å². The van der Waals surface area contributed by atoms with Crippen molar-refractivity contribution in [2.75, 3.05) is 6.26 Å². The van der Waals surface area contributed by atoms with Gasteiger partial charge in [0.25, 0.3) is 5.69 Å². The van der Waals surface area contributed by atoms with Crippen molar-refractivity contribution in [3.8, 4) is 11.9 Å². The topological polar surface area (TPSA) is 102 Å². The molecule has 0 aliphatic rings. The zero-order chi connectivity index (χ0) is 16.1. The lowest BCUT2D eigenvalue weighted by molar-refractivity contribution is -0.384. The van der Waals surface area contributed by atoms with Gasteiger partial charge in [-0.3, -0.25) is 10.1 Å². The van der Waals surface area contributed by atoms with Crippen molar-refractivity contribution in [2.45, 2.75) is 11.8 Å². The molecule has 0 bridgehead atoms. The van der Waals surface area contributed by atoms with Gasteiger partial charge in [0.1, 0.15) is 12.7 Å². The van der Waals surface area contributed by atoms with Gasteiger partial charge in [-0.1, -0.05) is 23.4 Å². The van der Waals surface area contributed by atoms with E-state index < -0.39 is 4.92 Å². The zero-order valence-corrected chi connectivity index (χ0v) is 12.9. The summed E-state index contributed by atoms with van der Waals surface area (Å²) < 4.78 is 5.50. The molecular weight excluding hydrogens is 328 g/mol. The van der Waals surface area contributed by atoms with Gasteiger partial charge in [0.2, 0.25) is 5.88 Å². The Morgan fingerprint density at radius 1 is 1.41 bits per heavy atom. The van der Waals surface area contributed by atoms with Crippen LogP contribution in [0.15, 0.2) is 29.4 Å². The molecule has 0 atom stereocenters. The van der Waals surface area contributed by atoms with Crippen LogP contribution in [0.4, 0.5) is 5.69 Å². The smallest absolute Gasteiger partial charge is 0.269 e. The normalized spacial score (nSPS) is 10.0. The van der Waals surface area contributed by atoms with Crippen LogP contribution in [0.3, 0.4) is 0 Å². The number of thioether (sulfide) groups is 1. The van der Waals surface area contributed by atoms with Crippen molar-refractivity contribution < 1.29 is 9.66 Å². The summed E-state index contributed by atoms with van der Waals surface area (Å²) in [5.74, 6) is 0.0882. The van der Waals surface area contributed by atoms with Crippen LogP contribution in [-0.2, 0) is 6.61 Å². The monoisotopic (exact) mass is 336 g/mol. The average molecular weight is 337 g/mol. The predicted octanol–water partition coefficient (Wildman–Crippen LogP) is 3.21. The first kappa shape index (κ1) is 16.0. The van der Waals surface area contributed by atoms with E-state index in [2.05, 4.69) is 9.97 Å². The molecule has 2 rings (SSSR count). The molecule has 112 valence electrons. The van der Waals surface area contributed by atoms with E-state index in [9.17, 15) is 10.1 Å². The van der Waals surface area contributed by atoms with Crippen molar-refractivity contribution in [2.24, 2.45) is 0 Å². The molecule has 0 N–H and O–H groups in total. The Labute approximate surface area is 135 Å². The highest BCUT2D eigenvalue weighted by Crippen LogP contribution is 2.26. The summed E-state index contributed by atoms with van der Waals surface area (Å²) in [5, 5.41) is 20.1. The molecule has 0 radical (unpaired) electrons. The maximum Gasteiger partial charge on any atom is 0.269 e. The Bertz CT molecular complexity index is 746. The molecule has 22 heavy (non-hydrogen) atoms. The minimum absolute atomic E-state index is 0.00351. The lowest BCUT2D eigenvalue weighted by atomic mass is 10.2. The number of non-ortho nitro benzene ring substituents is 1. The van der Waals surface area contributed by atoms with Crippen LogP contribution in [0.1, 0.15) is 11.1 Å². The summed E-state index contributed by atoms with van der Waals surface area (Å²) >= 11 is 7.18. The molecule has 0 saturated heterocycles. The summed E-state index contributed by atoms with van der Waals surface area (Å²) in [6.07, 6.45) is 1.78. The van der Waals surface area contributed by atoms with E-state index in [1.807, 2.05) is 6.07 Å². The summed E-state index contributed by atoms with van der Waals surface area (Å²) in [4.78, 5) is 18.2. The Morgan fingerprint density at radius 2 is 2.09 bits per heavy atom. The Balaban J connectivity index is 2.19. The van der Waals surface area contributed by atoms with E-state index in [4.69, 9.17) is 21.6 Å². The fraction of sp³-hybridized carbons (Fsp3) is 0.154. The number of benzene rings is 1. The van der Waals surface area contributed by atoms with Crippen LogP contribution < -0.4 is 4.74 Å². The lowest BCUT2D eigenvalue weighted by Crippen LogP contribution is -2.02. The van der Waals surface area contributed by atoms with E-state index >= 15 is 0 Å². The molecule has 0 amide bonds. The highest BCUT2D eigenvalue weighted by atomic mass is 35.5. The molecule has 2 aromatic rings. The number of aromatic nitrogens is 2. The van der Waals surface area contributed by atoms with Crippen LogP contribution >= 0.6 is 23.4 Å². The summed E-state index contributed by atoms with van der Waals surface area (Å²) in [6, 6.07) is 7.80. The largest absolute Gasteiger partial charge is 0.472 e. The van der Waals surface area contributed by atoms with Gasteiger partial charge in [0, 0.05) is 12.1 Å². The second kappa shape index (κ2) is 7.06. The minimum Gasteiger partial charge on any atom is -0.472 e. The van der Waals surface area contributed by atoms with Crippen molar-refractivity contribution in [3.05, 3.63) is 50.7 Å². The molecule has 7 nitrogen and oxygen atoms in total. The summed E-state index contributed by atoms with van der Waals surface area (Å²) in [6.45, 7) is 0.105. The first-order chi connectivity index (χ1) is 10.5. The maximum absolute atomic E-state index is 10.6. The lowest BCUT2D eigenvalue weighted by Gasteiger charge is -2.08. The fourth-order valence-electron chi connectivity index (χ4n) is 1.55. The number of nitro benzene ring substituents is 1. The van der Waals surface area contributed by atoms with Crippen molar-refractivity contribution in [1.82, 2.24) is 9.97 Å². The number of hydrogen-bond donors (Lipinski definition) is 0. The van der Waals surface area contributed by atoms with E-state index in [-0.39, 0.29) is 28.9 Å². The average Bonchev–Trinajstić information content (AvgIpc) is 2.52. The van der Waals surface area contributed by atoms with Crippen LogP contribution in [0.5, 0.6) is 5.88 Å². The van der Waals surface area contributed by atoms with Gasteiger partial charge >= 0.3 is 0 Å². The van der Waals surface area contributed by atoms with Crippen LogP contribution in [0.25, 0.3) is 0 Å². The standard InChI is InChI=1S/C13H9ClN4O3S/c1-22-13-16-11(14)10(6-15)12(17-13)21-7-8-2-4-9(5-3-8)18(19)20/h2-5H,7H2,1H3. The first-order valence-corrected chi connectivity index (χ1v) is 7.53. The molecule has 1 heterocycles. The Morgan fingerprint density at radius 3 is 2.64 bits per heavy atom. The molecule has 0 spiro atoms. The van der Waals surface area contributed by atoms with E-state index in [0.717, 1.165) is 0 Å². The van der Waals surface area contributed by atoms with Crippen molar-refractivity contribution >= 4 is 29.1 Å². The highest BCUT2D eigenvalue weighted by molar-refractivity contribution is 7.98. The molecule has 0 aliphatic carbocycles. The summed E-state index contributed by atoms with van der Waals surface area (Å²) in [5.41, 5.74) is 0.757. The number of nitriles is 1. The fourth-order valence-corrected chi connectivity index (χ4v) is 2.16. The molecule has 0 saturated carbocycles. The van der Waals surface area contributed by atoms with Gasteiger partial charge in [0.15, 0.2) is 15.9 Å². The van der Waals surface area contributed by atoms with Gasteiger partial charge in [0.05, 0.1) is 4.92 Å². The third-order valence-corrected chi connectivity index (χ3v) is 3.45. The number of nitro groups is 1. The second-order valence-electron chi connectivity index (χ2n) is 4.01. The van der Waals surface area contributed by atoms with Gasteiger partial charge in [-0.05, 0) is 24.0 Å². The van der Waals surface area contributed by atoms with Gasteiger partial charge in [-0.2, -0.15) is 10.2 Å². The number of nitrogens with zero attached hydrogens (tertiary/aromatic N) is 4. The van der Waals surface area contributed by atoms with E-state index in [1.165, 1.54) is 23.9 Å². The number of hydrogen-bond acceptors (Lipinski definition) is 7. The first-order valence-electron chi connectivity index (χ1n) is 5.93. The van der Waals surface area contributed by atoms with Gasteiger partial charge < -0.3 is 4.74 Å². The molecule has 9 heteroatoms. The van der Waals surface area contributed by atoms with Crippen LogP contribution in [-0.4, -0.2) is 21.1 Å². The Hall–Kier alpha value is -2.37. The number of halogens is 1. The second-order valence-corrected chi connectivity index (χ2v) is 5.14. The number of rotatable bonds is 5. The van der Waals surface area contributed by atoms with E-state index in [0.29, 0.717) is 10.7 Å². The Kier molecular flexibility index (Phi) is 5.14. The third-order valence-electron chi connectivity index (χ3n) is 2.63. The van der Waals surface area contributed by atoms with Crippen LogP contribution in [0, 0.1) is 21.4 Å². The molecule has 0 fully saturated rings. The van der Waals surface area contributed by atoms with Gasteiger partial charge in [-0.15, -0.1) is 0 Å². The molecular formula is C13H9ClN4O3S. The summed E-state index contributed by atoms with van der Waals surface area (Å²) in [7, 11) is 0. The van der Waals surface area contributed by atoms with Crippen molar-refractivity contribution in [1.29, 1.82) is 5.26 Å². The zero-order valence-electron chi connectivity index (χ0n) is 11.3. The SMILES string of the molecule is CSc1nc(Cl)c(C#N)c(OCc2ccc([N+](=O)[O-])cc2)n1. The van der Waals surface area contributed by atoms with Crippen molar-refractivity contribution in [3.63, 3.8) is 0 Å². The highest BCUT2D eigenvalue weighted by Gasteiger charge is 2.14. The van der Waals surface area contributed by atoms with Crippen LogP contribution in [0.2, 0.25) is 5.15 Å². The quantitative estimate of drug-likeness (QED) is 0.271. The minimum atomic E-state index is -0.479.